The molecule has 0 aliphatic carbocycles. The van der Waals surface area contributed by atoms with E-state index in [4.69, 9.17) is 0 Å². The molecular formula is C17H17IO2. The quantitative estimate of drug-likeness (QED) is 0.446. The monoisotopic (exact) mass is 380 g/mol. The molecule has 0 aliphatic rings. The van der Waals surface area contributed by atoms with Crippen LogP contribution in [-0.2, 0) is 11.2 Å². The van der Waals surface area contributed by atoms with Crippen molar-refractivity contribution in [2.24, 2.45) is 0 Å². The first kappa shape index (κ1) is 16.4. The van der Waals surface area contributed by atoms with Gasteiger partial charge in [-0.25, -0.2) is 4.79 Å². The molecule has 0 atom stereocenters. The predicted octanol–water partition coefficient (Wildman–Crippen LogP) is 4.49. The molecule has 0 radical (unpaired) electrons. The van der Waals surface area contributed by atoms with Crippen molar-refractivity contribution in [2.75, 3.05) is 7.11 Å². The molecule has 0 N–H and O–H groups in total. The van der Waals surface area contributed by atoms with E-state index >= 15 is 0 Å². The summed E-state index contributed by atoms with van der Waals surface area (Å²) < 4.78 is 5.87. The van der Waals surface area contributed by atoms with E-state index in [1.54, 1.807) is 12.1 Å². The number of ether oxygens (including phenoxy) is 1. The first-order valence-electron chi connectivity index (χ1n) is 6.16. The average molecular weight is 380 g/mol. The predicted molar refractivity (Wildman–Crippen MR) is 90.8 cm³/mol. The summed E-state index contributed by atoms with van der Waals surface area (Å²) in [7, 11) is 1.37. The third-order valence-electron chi connectivity index (χ3n) is 2.49. The lowest BCUT2D eigenvalue weighted by molar-refractivity contribution is 0.0600. The number of methoxy groups -OCH3 is 1. The SMILES string of the molecule is C=CCc1ccc(C(=O)OC)cc1.Ic1ccccc1. The maximum Gasteiger partial charge on any atom is 0.337 e. The van der Waals surface area contributed by atoms with Crippen molar-refractivity contribution < 1.29 is 9.53 Å². The molecule has 2 aromatic carbocycles. The zero-order chi connectivity index (χ0) is 14.8. The smallest absolute Gasteiger partial charge is 0.337 e. The lowest BCUT2D eigenvalue weighted by Crippen LogP contribution is -2.00. The van der Waals surface area contributed by atoms with E-state index in [9.17, 15) is 4.79 Å². The van der Waals surface area contributed by atoms with Crippen molar-refractivity contribution >= 4 is 28.6 Å². The molecule has 0 spiro atoms. The fraction of sp³-hybridized carbons (Fsp3) is 0.118. The highest BCUT2D eigenvalue weighted by molar-refractivity contribution is 14.1. The van der Waals surface area contributed by atoms with Crippen LogP contribution in [0.5, 0.6) is 0 Å². The van der Waals surface area contributed by atoms with Crippen molar-refractivity contribution in [1.82, 2.24) is 0 Å². The fourth-order valence-electron chi connectivity index (χ4n) is 1.48. The van der Waals surface area contributed by atoms with Crippen LogP contribution in [0.15, 0.2) is 67.3 Å². The van der Waals surface area contributed by atoms with E-state index in [0.717, 1.165) is 12.0 Å². The van der Waals surface area contributed by atoms with E-state index in [2.05, 4.69) is 46.0 Å². The summed E-state index contributed by atoms with van der Waals surface area (Å²) in [5.41, 5.74) is 1.72. The van der Waals surface area contributed by atoms with Gasteiger partial charge >= 0.3 is 5.97 Å². The van der Waals surface area contributed by atoms with Gasteiger partial charge in [0.25, 0.3) is 0 Å². The van der Waals surface area contributed by atoms with Gasteiger partial charge < -0.3 is 4.74 Å². The normalized spacial score (nSPS) is 9.10. The number of allylic oxidation sites excluding steroid dienone is 1. The molecule has 0 aromatic heterocycles. The van der Waals surface area contributed by atoms with Crippen LogP contribution in [0.1, 0.15) is 15.9 Å². The number of hydrogen-bond acceptors (Lipinski definition) is 2. The first-order valence-corrected chi connectivity index (χ1v) is 7.24. The lowest BCUT2D eigenvalue weighted by Gasteiger charge is -2.00. The van der Waals surface area contributed by atoms with Crippen molar-refractivity contribution in [2.45, 2.75) is 6.42 Å². The topological polar surface area (TPSA) is 26.3 Å². The highest BCUT2D eigenvalue weighted by atomic mass is 127. The summed E-state index contributed by atoms with van der Waals surface area (Å²) in [6.45, 7) is 3.64. The summed E-state index contributed by atoms with van der Waals surface area (Å²) in [5.74, 6) is -0.301. The van der Waals surface area contributed by atoms with Crippen LogP contribution in [0.2, 0.25) is 0 Å². The number of hydrogen-bond donors (Lipinski definition) is 0. The largest absolute Gasteiger partial charge is 0.465 e. The second-order valence-electron chi connectivity index (χ2n) is 3.98. The van der Waals surface area contributed by atoms with Crippen LogP contribution in [-0.4, -0.2) is 13.1 Å². The molecule has 2 aromatic rings. The van der Waals surface area contributed by atoms with Gasteiger partial charge in [0.15, 0.2) is 0 Å². The summed E-state index contributed by atoms with van der Waals surface area (Å²) in [5, 5.41) is 0. The summed E-state index contributed by atoms with van der Waals surface area (Å²) >= 11 is 2.28. The maximum atomic E-state index is 11.0. The molecule has 104 valence electrons. The molecule has 0 amide bonds. The van der Waals surface area contributed by atoms with Crippen LogP contribution in [0.3, 0.4) is 0 Å². The van der Waals surface area contributed by atoms with E-state index in [1.165, 1.54) is 10.7 Å². The summed E-state index contributed by atoms with van der Waals surface area (Å²) in [6.07, 6.45) is 2.65. The van der Waals surface area contributed by atoms with Crippen molar-refractivity contribution in [3.63, 3.8) is 0 Å². The Morgan fingerprint density at radius 1 is 1.15 bits per heavy atom. The molecule has 0 heterocycles. The summed E-state index contributed by atoms with van der Waals surface area (Å²) in [6, 6.07) is 17.5. The van der Waals surface area contributed by atoms with Crippen LogP contribution in [0.4, 0.5) is 0 Å². The van der Waals surface area contributed by atoms with E-state index in [1.807, 2.05) is 36.4 Å². The molecule has 0 saturated carbocycles. The van der Waals surface area contributed by atoms with Gasteiger partial charge in [-0.2, -0.15) is 0 Å². The van der Waals surface area contributed by atoms with Crippen LogP contribution in [0.25, 0.3) is 0 Å². The average Bonchev–Trinajstić information content (AvgIpc) is 2.49. The molecule has 2 rings (SSSR count). The highest BCUT2D eigenvalue weighted by Gasteiger charge is 2.02. The minimum atomic E-state index is -0.301. The zero-order valence-electron chi connectivity index (χ0n) is 11.4. The molecule has 0 saturated heterocycles. The van der Waals surface area contributed by atoms with E-state index in [0.29, 0.717) is 5.56 Å². The number of esters is 1. The first-order chi connectivity index (χ1) is 9.67. The zero-order valence-corrected chi connectivity index (χ0v) is 13.5. The highest BCUT2D eigenvalue weighted by Crippen LogP contribution is 2.06. The Hall–Kier alpha value is -1.62. The van der Waals surface area contributed by atoms with E-state index in [-0.39, 0.29) is 5.97 Å². The molecule has 20 heavy (non-hydrogen) atoms. The van der Waals surface area contributed by atoms with Crippen molar-refractivity contribution in [3.8, 4) is 0 Å². The van der Waals surface area contributed by atoms with Gasteiger partial charge in [-0.1, -0.05) is 36.4 Å². The molecule has 3 heteroatoms. The number of rotatable bonds is 3. The Kier molecular flexibility index (Phi) is 7.65. The number of carbonyl (C=O) groups is 1. The van der Waals surface area contributed by atoms with Gasteiger partial charge in [0.1, 0.15) is 0 Å². The standard InChI is InChI=1S/C11H12O2.C6H5I/c1-3-4-9-5-7-10(8-6-9)11(12)13-2;7-6-4-2-1-3-5-6/h3,5-8H,1,4H2,2H3;1-5H. The minimum absolute atomic E-state index is 0.301. The maximum absolute atomic E-state index is 11.0. The Balaban J connectivity index is 0.000000240. The summed E-state index contributed by atoms with van der Waals surface area (Å²) in [4.78, 5) is 11.0. The van der Waals surface area contributed by atoms with Crippen molar-refractivity contribution in [1.29, 1.82) is 0 Å². The number of carbonyl (C=O) groups excluding carboxylic acids is 1. The second-order valence-corrected chi connectivity index (χ2v) is 5.22. The second kappa shape index (κ2) is 9.31. The lowest BCUT2D eigenvalue weighted by atomic mass is 10.1. The van der Waals surface area contributed by atoms with Crippen LogP contribution in [0, 0.1) is 3.57 Å². The van der Waals surface area contributed by atoms with Gasteiger partial charge in [-0.05, 0) is 58.8 Å². The van der Waals surface area contributed by atoms with Crippen LogP contribution < -0.4 is 0 Å². The molecule has 2 nitrogen and oxygen atoms in total. The molecular weight excluding hydrogens is 363 g/mol. The van der Waals surface area contributed by atoms with Crippen LogP contribution >= 0.6 is 22.6 Å². The molecule has 0 unspecified atom stereocenters. The Labute approximate surface area is 133 Å². The number of halogens is 1. The Morgan fingerprint density at radius 2 is 1.75 bits per heavy atom. The third-order valence-corrected chi connectivity index (χ3v) is 3.21. The van der Waals surface area contributed by atoms with Gasteiger partial charge in [0, 0.05) is 3.57 Å². The van der Waals surface area contributed by atoms with Gasteiger partial charge in [-0.15, -0.1) is 6.58 Å². The number of benzene rings is 2. The van der Waals surface area contributed by atoms with Gasteiger partial charge in [0.2, 0.25) is 0 Å². The minimum Gasteiger partial charge on any atom is -0.465 e. The van der Waals surface area contributed by atoms with Gasteiger partial charge in [-0.3, -0.25) is 0 Å². The molecule has 0 bridgehead atoms. The van der Waals surface area contributed by atoms with Crippen molar-refractivity contribution in [3.05, 3.63) is 81.9 Å². The Bertz CT molecular complexity index is 533. The van der Waals surface area contributed by atoms with E-state index < -0.39 is 0 Å². The fourth-order valence-corrected chi connectivity index (χ4v) is 1.89. The van der Waals surface area contributed by atoms with Gasteiger partial charge in [0.05, 0.1) is 12.7 Å². The third kappa shape index (κ3) is 6.02. The molecule has 0 fully saturated rings. The Morgan fingerprint density at radius 3 is 2.15 bits per heavy atom. The molecule has 0 aliphatic heterocycles.